The fraction of sp³-hybridized carbons (Fsp3) is 0.267. The third-order valence-electron chi connectivity index (χ3n) is 3.24. The van der Waals surface area contributed by atoms with E-state index in [9.17, 15) is 4.79 Å². The SMILES string of the molecule is O=C(Nc1ccc(Br)c2ccccc12)C1COCCO1. The van der Waals surface area contributed by atoms with Crippen LogP contribution in [-0.2, 0) is 14.3 Å². The van der Waals surface area contributed by atoms with Crippen LogP contribution < -0.4 is 5.32 Å². The van der Waals surface area contributed by atoms with Crippen LogP contribution in [0.2, 0.25) is 0 Å². The van der Waals surface area contributed by atoms with E-state index in [4.69, 9.17) is 9.47 Å². The molecule has 4 nitrogen and oxygen atoms in total. The number of carbonyl (C=O) groups excluding carboxylic acids is 1. The lowest BCUT2D eigenvalue weighted by Crippen LogP contribution is -2.39. The van der Waals surface area contributed by atoms with E-state index in [0.29, 0.717) is 19.8 Å². The Bertz CT molecular complexity index is 638. The molecule has 0 aliphatic carbocycles. The van der Waals surface area contributed by atoms with Gasteiger partial charge in [0.2, 0.25) is 0 Å². The normalized spacial score (nSPS) is 18.9. The topological polar surface area (TPSA) is 47.6 Å². The summed E-state index contributed by atoms with van der Waals surface area (Å²) in [4.78, 5) is 12.2. The fourth-order valence-corrected chi connectivity index (χ4v) is 2.70. The van der Waals surface area contributed by atoms with E-state index >= 15 is 0 Å². The van der Waals surface area contributed by atoms with E-state index in [1.165, 1.54) is 0 Å². The quantitative estimate of drug-likeness (QED) is 0.917. The Labute approximate surface area is 125 Å². The van der Waals surface area contributed by atoms with Crippen LogP contribution >= 0.6 is 15.9 Å². The highest BCUT2D eigenvalue weighted by molar-refractivity contribution is 9.10. The highest BCUT2D eigenvalue weighted by Crippen LogP contribution is 2.30. The minimum absolute atomic E-state index is 0.169. The average Bonchev–Trinajstić information content (AvgIpc) is 2.51. The molecule has 104 valence electrons. The van der Waals surface area contributed by atoms with Gasteiger partial charge in [-0.25, -0.2) is 0 Å². The predicted molar refractivity (Wildman–Crippen MR) is 80.8 cm³/mol. The zero-order valence-electron chi connectivity index (χ0n) is 10.8. The number of hydrogen-bond donors (Lipinski definition) is 1. The molecule has 0 spiro atoms. The van der Waals surface area contributed by atoms with Gasteiger partial charge in [0.25, 0.3) is 5.91 Å². The molecule has 1 saturated heterocycles. The number of rotatable bonds is 2. The van der Waals surface area contributed by atoms with E-state index in [0.717, 1.165) is 20.9 Å². The number of nitrogens with one attached hydrogen (secondary N) is 1. The van der Waals surface area contributed by atoms with Crippen molar-refractivity contribution < 1.29 is 14.3 Å². The van der Waals surface area contributed by atoms with Crippen molar-refractivity contribution in [3.05, 3.63) is 40.9 Å². The van der Waals surface area contributed by atoms with E-state index in [2.05, 4.69) is 21.2 Å². The first-order chi connectivity index (χ1) is 9.75. The summed E-state index contributed by atoms with van der Waals surface area (Å²) in [7, 11) is 0. The Balaban J connectivity index is 1.87. The molecule has 0 aromatic heterocycles. The van der Waals surface area contributed by atoms with Gasteiger partial charge in [0, 0.05) is 15.5 Å². The van der Waals surface area contributed by atoms with Crippen molar-refractivity contribution in [3.63, 3.8) is 0 Å². The minimum atomic E-state index is -0.536. The summed E-state index contributed by atoms with van der Waals surface area (Å²) in [6.07, 6.45) is -0.536. The molecule has 1 atom stereocenters. The average molecular weight is 336 g/mol. The first-order valence-electron chi connectivity index (χ1n) is 6.43. The van der Waals surface area contributed by atoms with E-state index in [-0.39, 0.29) is 5.91 Å². The molecule has 1 N–H and O–H groups in total. The summed E-state index contributed by atoms with van der Waals surface area (Å²) in [6.45, 7) is 1.31. The maximum atomic E-state index is 12.2. The summed E-state index contributed by atoms with van der Waals surface area (Å²) in [5.74, 6) is -0.169. The van der Waals surface area contributed by atoms with Crippen LogP contribution in [0, 0.1) is 0 Å². The lowest BCUT2D eigenvalue weighted by molar-refractivity contribution is -0.142. The minimum Gasteiger partial charge on any atom is -0.376 e. The van der Waals surface area contributed by atoms with Gasteiger partial charge in [-0.1, -0.05) is 40.2 Å². The summed E-state index contributed by atoms with van der Waals surface area (Å²) in [5.41, 5.74) is 0.781. The molecule has 20 heavy (non-hydrogen) atoms. The maximum absolute atomic E-state index is 12.2. The molecular weight excluding hydrogens is 322 g/mol. The molecule has 0 radical (unpaired) electrons. The van der Waals surface area contributed by atoms with Gasteiger partial charge in [0.05, 0.1) is 19.8 Å². The second-order valence-electron chi connectivity index (χ2n) is 4.56. The van der Waals surface area contributed by atoms with Crippen molar-refractivity contribution in [1.29, 1.82) is 0 Å². The van der Waals surface area contributed by atoms with Crippen molar-refractivity contribution in [2.45, 2.75) is 6.10 Å². The predicted octanol–water partition coefficient (Wildman–Crippen LogP) is 2.96. The third-order valence-corrected chi connectivity index (χ3v) is 3.93. The monoisotopic (exact) mass is 335 g/mol. The highest BCUT2D eigenvalue weighted by atomic mass is 79.9. The van der Waals surface area contributed by atoms with Crippen molar-refractivity contribution in [2.24, 2.45) is 0 Å². The van der Waals surface area contributed by atoms with E-state index in [1.54, 1.807) is 0 Å². The molecule has 1 unspecified atom stereocenters. The van der Waals surface area contributed by atoms with Crippen LogP contribution in [-0.4, -0.2) is 31.8 Å². The maximum Gasteiger partial charge on any atom is 0.255 e. The largest absolute Gasteiger partial charge is 0.376 e. The molecule has 5 heteroatoms. The molecule has 1 aliphatic heterocycles. The van der Waals surface area contributed by atoms with Gasteiger partial charge in [-0.2, -0.15) is 0 Å². The smallest absolute Gasteiger partial charge is 0.255 e. The number of carbonyl (C=O) groups is 1. The Hall–Kier alpha value is -1.43. The van der Waals surface area contributed by atoms with Gasteiger partial charge in [0.15, 0.2) is 6.10 Å². The highest BCUT2D eigenvalue weighted by Gasteiger charge is 2.23. The molecule has 3 rings (SSSR count). The molecule has 1 aliphatic rings. The van der Waals surface area contributed by atoms with Crippen molar-refractivity contribution in [3.8, 4) is 0 Å². The molecule has 0 saturated carbocycles. The fourth-order valence-electron chi connectivity index (χ4n) is 2.22. The number of ether oxygens (including phenoxy) is 2. The molecule has 0 bridgehead atoms. The summed E-state index contributed by atoms with van der Waals surface area (Å²) in [5, 5.41) is 4.97. The molecule has 1 amide bonds. The Morgan fingerprint density at radius 1 is 1.15 bits per heavy atom. The number of amides is 1. The first-order valence-corrected chi connectivity index (χ1v) is 7.22. The van der Waals surface area contributed by atoms with Gasteiger partial charge >= 0.3 is 0 Å². The third kappa shape index (κ3) is 2.70. The van der Waals surface area contributed by atoms with Gasteiger partial charge < -0.3 is 14.8 Å². The molecule has 2 aromatic rings. The van der Waals surface area contributed by atoms with Crippen LogP contribution in [0.4, 0.5) is 5.69 Å². The summed E-state index contributed by atoms with van der Waals surface area (Å²) >= 11 is 3.52. The zero-order chi connectivity index (χ0) is 13.9. The second kappa shape index (κ2) is 5.91. The van der Waals surface area contributed by atoms with Gasteiger partial charge in [-0.3, -0.25) is 4.79 Å². The van der Waals surface area contributed by atoms with Gasteiger partial charge in [0.1, 0.15) is 0 Å². The summed E-state index contributed by atoms with van der Waals surface area (Å²) < 4.78 is 11.7. The van der Waals surface area contributed by atoms with Crippen molar-refractivity contribution in [2.75, 3.05) is 25.1 Å². The standard InChI is InChI=1S/C15H14BrNO3/c16-12-5-6-13(11-4-2-1-3-10(11)12)17-15(18)14-9-19-7-8-20-14/h1-6,14H,7-9H2,(H,17,18). The molecule has 1 heterocycles. The second-order valence-corrected chi connectivity index (χ2v) is 5.42. The van der Waals surface area contributed by atoms with Crippen molar-refractivity contribution in [1.82, 2.24) is 0 Å². The van der Waals surface area contributed by atoms with Crippen molar-refractivity contribution >= 4 is 38.3 Å². The lowest BCUT2D eigenvalue weighted by atomic mass is 10.1. The van der Waals surface area contributed by atoms with Gasteiger partial charge in [-0.05, 0) is 17.5 Å². The van der Waals surface area contributed by atoms with Gasteiger partial charge in [-0.15, -0.1) is 0 Å². The van der Waals surface area contributed by atoms with Crippen LogP contribution in [0.25, 0.3) is 10.8 Å². The Morgan fingerprint density at radius 2 is 1.95 bits per heavy atom. The first kappa shape index (κ1) is 13.5. The molecular formula is C15H14BrNO3. The molecule has 2 aromatic carbocycles. The zero-order valence-corrected chi connectivity index (χ0v) is 12.4. The van der Waals surface area contributed by atoms with Crippen LogP contribution in [0.5, 0.6) is 0 Å². The summed E-state index contributed by atoms with van der Waals surface area (Å²) in [6, 6.07) is 11.7. The van der Waals surface area contributed by atoms with Crippen LogP contribution in [0.3, 0.4) is 0 Å². The van der Waals surface area contributed by atoms with E-state index in [1.807, 2.05) is 36.4 Å². The Kier molecular flexibility index (Phi) is 4.00. The number of halogens is 1. The number of fused-ring (bicyclic) bond motifs is 1. The molecule has 1 fully saturated rings. The lowest BCUT2D eigenvalue weighted by Gasteiger charge is -2.22. The Morgan fingerprint density at radius 3 is 2.70 bits per heavy atom. The van der Waals surface area contributed by atoms with E-state index < -0.39 is 6.10 Å². The number of anilines is 1. The van der Waals surface area contributed by atoms with Crippen LogP contribution in [0.15, 0.2) is 40.9 Å². The number of benzene rings is 2. The number of hydrogen-bond acceptors (Lipinski definition) is 3. The van der Waals surface area contributed by atoms with Crippen LogP contribution in [0.1, 0.15) is 0 Å².